The van der Waals surface area contributed by atoms with E-state index in [-0.39, 0.29) is 11.5 Å². The second-order valence-electron chi connectivity index (χ2n) is 5.47. The van der Waals surface area contributed by atoms with E-state index < -0.39 is 5.82 Å². The molecule has 0 aromatic heterocycles. The van der Waals surface area contributed by atoms with Crippen LogP contribution in [0.2, 0.25) is 0 Å². The highest BCUT2D eigenvalue weighted by molar-refractivity contribution is 5.96. The summed E-state index contributed by atoms with van der Waals surface area (Å²) in [6.07, 6.45) is 2.02. The van der Waals surface area contributed by atoms with Gasteiger partial charge >= 0.3 is 0 Å². The fraction of sp³-hybridized carbons (Fsp3) is 0.562. The van der Waals surface area contributed by atoms with Crippen LogP contribution >= 0.6 is 0 Å². The van der Waals surface area contributed by atoms with Crippen LogP contribution in [0, 0.1) is 12.7 Å². The van der Waals surface area contributed by atoms with Gasteiger partial charge in [0.05, 0.1) is 12.2 Å². The van der Waals surface area contributed by atoms with Crippen LogP contribution in [0.5, 0.6) is 0 Å². The summed E-state index contributed by atoms with van der Waals surface area (Å²) >= 11 is 0. The average Bonchev–Trinajstić information content (AvgIpc) is 2.47. The number of aryl methyl sites for hydroxylation is 1. The van der Waals surface area contributed by atoms with Crippen LogP contribution in [-0.2, 0) is 4.74 Å². The number of benzene rings is 1. The van der Waals surface area contributed by atoms with Crippen molar-refractivity contribution in [3.63, 3.8) is 0 Å². The maximum atomic E-state index is 14.3. The van der Waals surface area contributed by atoms with Gasteiger partial charge in [-0.05, 0) is 56.0 Å². The first-order chi connectivity index (χ1) is 10.1. The molecule has 1 aromatic carbocycles. The van der Waals surface area contributed by atoms with Crippen molar-refractivity contribution in [3.8, 4) is 0 Å². The minimum atomic E-state index is -0.432. The van der Waals surface area contributed by atoms with E-state index >= 15 is 0 Å². The third-order valence-corrected chi connectivity index (χ3v) is 3.94. The Balaban J connectivity index is 2.14. The number of nitrogens with one attached hydrogen (secondary N) is 2. The second-order valence-corrected chi connectivity index (χ2v) is 5.47. The summed E-state index contributed by atoms with van der Waals surface area (Å²) in [5.74, 6) is -0.428. The topological polar surface area (TPSA) is 50.4 Å². The number of methoxy groups -OCH3 is 1. The number of piperidine rings is 1. The minimum absolute atomic E-state index is 0.142. The molecule has 2 N–H and O–H groups in total. The quantitative estimate of drug-likeness (QED) is 0.816. The molecule has 1 amide bonds. The number of halogens is 1. The number of hydrogen-bond donors (Lipinski definition) is 2. The molecule has 1 saturated heterocycles. The van der Waals surface area contributed by atoms with Crippen molar-refractivity contribution >= 4 is 5.91 Å². The van der Waals surface area contributed by atoms with Crippen LogP contribution in [0.3, 0.4) is 0 Å². The van der Waals surface area contributed by atoms with Crippen molar-refractivity contribution in [2.75, 3.05) is 33.4 Å². The molecule has 5 heteroatoms. The molecule has 21 heavy (non-hydrogen) atoms. The smallest absolute Gasteiger partial charge is 0.254 e. The summed E-state index contributed by atoms with van der Waals surface area (Å²) in [4.78, 5) is 12.0. The van der Waals surface area contributed by atoms with Crippen LogP contribution in [0.1, 0.15) is 40.2 Å². The van der Waals surface area contributed by atoms with E-state index in [0.29, 0.717) is 24.6 Å². The zero-order valence-electron chi connectivity index (χ0n) is 12.7. The Morgan fingerprint density at radius 1 is 1.43 bits per heavy atom. The van der Waals surface area contributed by atoms with Crippen LogP contribution in [-0.4, -0.2) is 39.3 Å². The van der Waals surface area contributed by atoms with Gasteiger partial charge in [0.25, 0.3) is 5.91 Å². The first-order valence-corrected chi connectivity index (χ1v) is 7.41. The Morgan fingerprint density at radius 2 is 2.14 bits per heavy atom. The second kappa shape index (κ2) is 7.52. The lowest BCUT2D eigenvalue weighted by molar-refractivity contribution is 0.0932. The number of rotatable bonds is 5. The number of amides is 1. The molecular weight excluding hydrogens is 271 g/mol. The van der Waals surface area contributed by atoms with Crippen LogP contribution in [0.25, 0.3) is 0 Å². The summed E-state index contributed by atoms with van der Waals surface area (Å²) in [5, 5.41) is 5.97. The van der Waals surface area contributed by atoms with Crippen LogP contribution < -0.4 is 10.6 Å². The molecule has 116 valence electrons. The van der Waals surface area contributed by atoms with Gasteiger partial charge in [-0.2, -0.15) is 0 Å². The maximum absolute atomic E-state index is 14.3. The third kappa shape index (κ3) is 4.02. The maximum Gasteiger partial charge on any atom is 0.254 e. The van der Waals surface area contributed by atoms with Gasteiger partial charge in [0.2, 0.25) is 0 Å². The van der Waals surface area contributed by atoms with Crippen molar-refractivity contribution in [2.45, 2.75) is 25.7 Å². The summed E-state index contributed by atoms with van der Waals surface area (Å²) in [7, 11) is 1.56. The van der Waals surface area contributed by atoms with Crippen molar-refractivity contribution in [2.24, 2.45) is 0 Å². The van der Waals surface area contributed by atoms with Gasteiger partial charge in [-0.25, -0.2) is 4.39 Å². The fourth-order valence-corrected chi connectivity index (χ4v) is 2.80. The molecule has 1 heterocycles. The van der Waals surface area contributed by atoms with E-state index in [1.165, 1.54) is 6.07 Å². The third-order valence-electron chi connectivity index (χ3n) is 3.94. The summed E-state index contributed by atoms with van der Waals surface area (Å²) < 4.78 is 19.2. The van der Waals surface area contributed by atoms with Crippen molar-refractivity contribution in [1.29, 1.82) is 0 Å². The lowest BCUT2D eigenvalue weighted by atomic mass is 9.88. The highest BCUT2D eigenvalue weighted by Gasteiger charge is 2.20. The first-order valence-electron chi connectivity index (χ1n) is 7.41. The van der Waals surface area contributed by atoms with Crippen LogP contribution in [0.4, 0.5) is 4.39 Å². The van der Waals surface area contributed by atoms with E-state index in [9.17, 15) is 9.18 Å². The molecule has 1 aliphatic heterocycles. The number of hydrogen-bond acceptors (Lipinski definition) is 3. The number of ether oxygens (including phenoxy) is 1. The molecule has 0 spiro atoms. The average molecular weight is 294 g/mol. The predicted octanol–water partition coefficient (Wildman–Crippen LogP) is 1.98. The van der Waals surface area contributed by atoms with E-state index in [0.717, 1.165) is 31.5 Å². The highest BCUT2D eigenvalue weighted by Crippen LogP contribution is 2.28. The highest BCUT2D eigenvalue weighted by atomic mass is 19.1. The molecule has 2 rings (SSSR count). The molecule has 0 unspecified atom stereocenters. The van der Waals surface area contributed by atoms with E-state index in [1.54, 1.807) is 14.0 Å². The molecule has 0 aliphatic carbocycles. The summed E-state index contributed by atoms with van der Waals surface area (Å²) in [6.45, 7) is 4.51. The Morgan fingerprint density at radius 3 is 2.76 bits per heavy atom. The number of carbonyl (C=O) groups is 1. The van der Waals surface area contributed by atoms with Gasteiger partial charge in [0.1, 0.15) is 5.82 Å². The lowest BCUT2D eigenvalue weighted by Crippen LogP contribution is -2.29. The molecule has 0 atom stereocenters. The molecule has 1 aliphatic rings. The normalized spacial score (nSPS) is 16.0. The Kier molecular flexibility index (Phi) is 5.70. The first kappa shape index (κ1) is 15.9. The zero-order valence-corrected chi connectivity index (χ0v) is 12.7. The monoisotopic (exact) mass is 294 g/mol. The molecule has 0 saturated carbocycles. The summed E-state index contributed by atoms with van der Waals surface area (Å²) in [5.41, 5.74) is 1.84. The molecule has 0 radical (unpaired) electrons. The molecule has 1 aromatic rings. The Hall–Kier alpha value is -1.46. The molecule has 0 bridgehead atoms. The van der Waals surface area contributed by atoms with Crippen LogP contribution in [0.15, 0.2) is 12.1 Å². The van der Waals surface area contributed by atoms with Gasteiger partial charge in [0.15, 0.2) is 0 Å². The van der Waals surface area contributed by atoms with E-state index in [1.807, 2.05) is 6.07 Å². The number of carbonyl (C=O) groups excluding carboxylic acids is 1. The van der Waals surface area contributed by atoms with E-state index in [2.05, 4.69) is 10.6 Å². The molecule has 1 fully saturated rings. The Labute approximate surface area is 125 Å². The standard InChI is InChI=1S/C16H23FN2O2/c1-11-9-13(12-3-5-18-6-4-12)10-14(17)15(11)16(20)19-7-8-21-2/h9-10,12,18H,3-8H2,1-2H3,(H,19,20). The Bertz CT molecular complexity index is 476. The zero-order chi connectivity index (χ0) is 15.2. The molecular formula is C16H23FN2O2. The minimum Gasteiger partial charge on any atom is -0.383 e. The van der Waals surface area contributed by atoms with E-state index in [4.69, 9.17) is 4.74 Å². The van der Waals surface area contributed by atoms with Gasteiger partial charge in [0, 0.05) is 13.7 Å². The predicted molar refractivity (Wildman–Crippen MR) is 80.2 cm³/mol. The molecule has 4 nitrogen and oxygen atoms in total. The van der Waals surface area contributed by atoms with Crippen molar-refractivity contribution < 1.29 is 13.9 Å². The lowest BCUT2D eigenvalue weighted by Gasteiger charge is -2.24. The largest absolute Gasteiger partial charge is 0.383 e. The van der Waals surface area contributed by atoms with Gasteiger partial charge < -0.3 is 15.4 Å². The fourth-order valence-electron chi connectivity index (χ4n) is 2.80. The van der Waals surface area contributed by atoms with Crippen molar-refractivity contribution in [1.82, 2.24) is 10.6 Å². The van der Waals surface area contributed by atoms with Gasteiger partial charge in [-0.1, -0.05) is 6.07 Å². The van der Waals surface area contributed by atoms with Gasteiger partial charge in [-0.3, -0.25) is 4.79 Å². The van der Waals surface area contributed by atoms with Crippen molar-refractivity contribution in [3.05, 3.63) is 34.6 Å². The SMILES string of the molecule is COCCNC(=O)c1c(C)cc(C2CCNCC2)cc1F. The van der Waals surface area contributed by atoms with Gasteiger partial charge in [-0.15, -0.1) is 0 Å². The summed E-state index contributed by atoms with van der Waals surface area (Å²) in [6, 6.07) is 3.47.